The first kappa shape index (κ1) is 15.4. The van der Waals surface area contributed by atoms with Crippen molar-refractivity contribution in [3.63, 3.8) is 0 Å². The van der Waals surface area contributed by atoms with Crippen molar-refractivity contribution < 1.29 is 0 Å². The van der Waals surface area contributed by atoms with E-state index in [1.165, 1.54) is 0 Å². The van der Waals surface area contributed by atoms with Crippen LogP contribution in [0.2, 0.25) is 0 Å². The van der Waals surface area contributed by atoms with Gasteiger partial charge in [-0.2, -0.15) is 0 Å². The molecule has 0 aliphatic heterocycles. The lowest BCUT2D eigenvalue weighted by atomic mass is 9.96. The van der Waals surface area contributed by atoms with Crippen molar-refractivity contribution in [2.45, 2.75) is 53.0 Å². The van der Waals surface area contributed by atoms with Crippen LogP contribution in [0.1, 0.15) is 47.4 Å². The fourth-order valence-corrected chi connectivity index (χ4v) is 1.95. The van der Waals surface area contributed by atoms with Gasteiger partial charge < -0.3 is 4.90 Å². The molecule has 0 saturated heterocycles. The van der Waals surface area contributed by atoms with Gasteiger partial charge in [0.1, 0.15) is 16.2 Å². The van der Waals surface area contributed by atoms with Gasteiger partial charge in [0, 0.05) is 24.6 Å². The topological polar surface area (TPSA) is 29.0 Å². The third kappa shape index (κ3) is 3.67. The first-order valence-corrected chi connectivity index (χ1v) is 7.20. The number of anilines is 1. The molecule has 1 aromatic rings. The maximum atomic E-state index is 4.69. The van der Waals surface area contributed by atoms with Gasteiger partial charge in [-0.05, 0) is 28.8 Å². The Hall–Kier alpha value is -0.640. The Labute approximate surface area is 119 Å². The quantitative estimate of drug-likeness (QED) is 0.789. The van der Waals surface area contributed by atoms with Crippen LogP contribution < -0.4 is 4.90 Å². The van der Waals surface area contributed by atoms with E-state index in [2.05, 4.69) is 74.4 Å². The number of hydrogen-bond donors (Lipinski definition) is 0. The van der Waals surface area contributed by atoms with Crippen LogP contribution >= 0.6 is 15.9 Å². The van der Waals surface area contributed by atoms with Gasteiger partial charge in [0.05, 0.1) is 0 Å². The Morgan fingerprint density at radius 1 is 1.17 bits per heavy atom. The average molecular weight is 314 g/mol. The molecule has 1 aromatic heterocycles. The fourth-order valence-electron chi connectivity index (χ4n) is 1.58. The van der Waals surface area contributed by atoms with Crippen LogP contribution in [0.4, 0.5) is 5.82 Å². The number of halogens is 1. The van der Waals surface area contributed by atoms with E-state index in [1.807, 2.05) is 6.07 Å². The summed E-state index contributed by atoms with van der Waals surface area (Å²) in [5, 5.41) is 0. The molecule has 1 rings (SSSR count). The van der Waals surface area contributed by atoms with Gasteiger partial charge in [-0.1, -0.05) is 34.6 Å². The summed E-state index contributed by atoms with van der Waals surface area (Å²) in [6.07, 6.45) is 0. The third-order valence-electron chi connectivity index (χ3n) is 3.29. The molecule has 0 radical (unpaired) electrons. The molecule has 0 amide bonds. The van der Waals surface area contributed by atoms with Crippen LogP contribution in [-0.4, -0.2) is 23.1 Å². The summed E-state index contributed by atoms with van der Waals surface area (Å²) in [4.78, 5) is 11.4. The second kappa shape index (κ2) is 5.55. The highest BCUT2D eigenvalue weighted by molar-refractivity contribution is 9.10. The smallest absolute Gasteiger partial charge is 0.137 e. The molecule has 102 valence electrons. The Bertz CT molecular complexity index is 410. The van der Waals surface area contributed by atoms with E-state index in [-0.39, 0.29) is 5.41 Å². The lowest BCUT2D eigenvalue weighted by Crippen LogP contribution is -2.34. The van der Waals surface area contributed by atoms with Gasteiger partial charge in [-0.25, -0.2) is 9.97 Å². The standard InChI is InChI=1S/C14H24BrN3/c1-9(2)10(3)18(7)12-8-11(15)16-13(17-12)14(4,5)6/h8-10H,1-7H3. The van der Waals surface area contributed by atoms with E-state index in [0.29, 0.717) is 12.0 Å². The minimum atomic E-state index is -0.0412. The molecule has 0 aliphatic rings. The highest BCUT2D eigenvalue weighted by Gasteiger charge is 2.21. The molecule has 0 bridgehead atoms. The van der Waals surface area contributed by atoms with Crippen LogP contribution in [0.25, 0.3) is 0 Å². The van der Waals surface area contributed by atoms with Crippen LogP contribution in [0.5, 0.6) is 0 Å². The van der Waals surface area contributed by atoms with Crippen LogP contribution in [0.15, 0.2) is 10.7 Å². The van der Waals surface area contributed by atoms with Crippen molar-refractivity contribution >= 4 is 21.7 Å². The van der Waals surface area contributed by atoms with Crippen LogP contribution in [0, 0.1) is 5.92 Å². The summed E-state index contributed by atoms with van der Waals surface area (Å²) in [6, 6.07) is 2.42. The zero-order valence-corrected chi connectivity index (χ0v) is 14.0. The molecular formula is C14H24BrN3. The summed E-state index contributed by atoms with van der Waals surface area (Å²) in [5.41, 5.74) is -0.0412. The van der Waals surface area contributed by atoms with Crippen LogP contribution in [-0.2, 0) is 5.41 Å². The lowest BCUT2D eigenvalue weighted by Gasteiger charge is -2.30. The minimum Gasteiger partial charge on any atom is -0.357 e. The summed E-state index contributed by atoms with van der Waals surface area (Å²) in [7, 11) is 2.09. The number of rotatable bonds is 3. The molecule has 0 fully saturated rings. The molecule has 0 aromatic carbocycles. The molecular weight excluding hydrogens is 290 g/mol. The normalized spacial score (nSPS) is 13.8. The fraction of sp³-hybridized carbons (Fsp3) is 0.714. The minimum absolute atomic E-state index is 0.0412. The first-order chi connectivity index (χ1) is 8.12. The third-order valence-corrected chi connectivity index (χ3v) is 3.70. The average Bonchev–Trinajstić information content (AvgIpc) is 2.24. The molecule has 18 heavy (non-hydrogen) atoms. The van der Waals surface area contributed by atoms with Crippen molar-refractivity contribution in [2.24, 2.45) is 5.92 Å². The Morgan fingerprint density at radius 3 is 2.17 bits per heavy atom. The molecule has 0 N–H and O–H groups in total. The summed E-state index contributed by atoms with van der Waals surface area (Å²) in [5.74, 6) is 2.43. The monoisotopic (exact) mass is 313 g/mol. The van der Waals surface area contributed by atoms with E-state index < -0.39 is 0 Å². The zero-order valence-electron chi connectivity index (χ0n) is 12.5. The maximum Gasteiger partial charge on any atom is 0.137 e. The predicted molar refractivity (Wildman–Crippen MR) is 81.1 cm³/mol. The summed E-state index contributed by atoms with van der Waals surface area (Å²) in [6.45, 7) is 13.1. The zero-order chi connectivity index (χ0) is 14.1. The van der Waals surface area contributed by atoms with Crippen molar-refractivity contribution in [1.82, 2.24) is 9.97 Å². The van der Waals surface area contributed by atoms with Crippen molar-refractivity contribution in [2.75, 3.05) is 11.9 Å². The van der Waals surface area contributed by atoms with Gasteiger partial charge in [-0.15, -0.1) is 0 Å². The van der Waals surface area contributed by atoms with E-state index in [0.717, 1.165) is 16.2 Å². The predicted octanol–water partition coefficient (Wildman–Crippen LogP) is 4.02. The second-order valence-corrected chi connectivity index (χ2v) is 7.03. The lowest BCUT2D eigenvalue weighted by molar-refractivity contribution is 0.496. The maximum absolute atomic E-state index is 4.69. The number of nitrogens with zero attached hydrogens (tertiary/aromatic N) is 3. The van der Waals surface area contributed by atoms with E-state index in [4.69, 9.17) is 4.98 Å². The van der Waals surface area contributed by atoms with Crippen molar-refractivity contribution in [3.8, 4) is 0 Å². The molecule has 1 atom stereocenters. The van der Waals surface area contributed by atoms with Gasteiger partial charge in [-0.3, -0.25) is 0 Å². The van der Waals surface area contributed by atoms with Crippen LogP contribution in [0.3, 0.4) is 0 Å². The van der Waals surface area contributed by atoms with Gasteiger partial charge in [0.2, 0.25) is 0 Å². The highest BCUT2D eigenvalue weighted by Crippen LogP contribution is 2.25. The van der Waals surface area contributed by atoms with Gasteiger partial charge >= 0.3 is 0 Å². The summed E-state index contributed by atoms with van der Waals surface area (Å²) < 4.78 is 0.847. The van der Waals surface area contributed by atoms with Gasteiger partial charge in [0.15, 0.2) is 0 Å². The van der Waals surface area contributed by atoms with Gasteiger partial charge in [0.25, 0.3) is 0 Å². The molecule has 1 unspecified atom stereocenters. The SMILES string of the molecule is CC(C)C(C)N(C)c1cc(Br)nc(C(C)(C)C)n1. The Morgan fingerprint density at radius 2 is 1.72 bits per heavy atom. The molecule has 4 heteroatoms. The molecule has 1 heterocycles. The Kier molecular flexibility index (Phi) is 4.76. The Balaban J connectivity index is 3.14. The molecule has 3 nitrogen and oxygen atoms in total. The first-order valence-electron chi connectivity index (χ1n) is 6.41. The van der Waals surface area contributed by atoms with E-state index in [9.17, 15) is 0 Å². The summed E-state index contributed by atoms with van der Waals surface area (Å²) >= 11 is 3.48. The van der Waals surface area contributed by atoms with Crippen molar-refractivity contribution in [3.05, 3.63) is 16.5 Å². The van der Waals surface area contributed by atoms with E-state index in [1.54, 1.807) is 0 Å². The second-order valence-electron chi connectivity index (χ2n) is 6.22. The highest BCUT2D eigenvalue weighted by atomic mass is 79.9. The molecule has 0 saturated carbocycles. The number of hydrogen-bond acceptors (Lipinski definition) is 3. The number of aromatic nitrogens is 2. The molecule has 0 aliphatic carbocycles. The molecule has 0 spiro atoms. The van der Waals surface area contributed by atoms with Crippen molar-refractivity contribution in [1.29, 1.82) is 0 Å². The van der Waals surface area contributed by atoms with E-state index >= 15 is 0 Å². The largest absolute Gasteiger partial charge is 0.357 e.